The first-order valence-electron chi connectivity index (χ1n) is 10.5. The monoisotopic (exact) mass is 410 g/mol. The third-order valence-corrected chi connectivity index (χ3v) is 5.50. The van der Waals surface area contributed by atoms with Crippen molar-refractivity contribution in [3.8, 4) is 0 Å². The first-order chi connectivity index (χ1) is 14.5. The number of carbonyl (C=O) groups excluding carboxylic acids is 2. The highest BCUT2D eigenvalue weighted by atomic mass is 16.5. The predicted molar refractivity (Wildman–Crippen MR) is 115 cm³/mol. The number of amides is 2. The maximum absolute atomic E-state index is 13.3. The Hall–Kier alpha value is -2.86. The lowest BCUT2D eigenvalue weighted by Crippen LogP contribution is -2.53. The minimum atomic E-state index is -0.711. The maximum atomic E-state index is 13.3. The van der Waals surface area contributed by atoms with Gasteiger partial charge < -0.3 is 20.1 Å². The molecule has 2 amide bonds. The van der Waals surface area contributed by atoms with Crippen molar-refractivity contribution in [2.24, 2.45) is 5.92 Å². The molecule has 2 aromatic carbocycles. The lowest BCUT2D eigenvalue weighted by molar-refractivity contribution is -0.136. The van der Waals surface area contributed by atoms with Gasteiger partial charge in [-0.1, -0.05) is 74.5 Å². The molecule has 0 unspecified atom stereocenters. The first kappa shape index (κ1) is 21.8. The van der Waals surface area contributed by atoms with Gasteiger partial charge >= 0.3 is 6.09 Å². The Balaban J connectivity index is 1.64. The molecule has 6 nitrogen and oxygen atoms in total. The molecule has 6 heteroatoms. The topological polar surface area (TPSA) is 78.9 Å². The standard InChI is InChI=1S/C24H30N2O4/c1-17(2)22(25-24(29)30-16-19-11-7-4-8-12-19)23(28)26-14-13-21(27)20(26)15-18-9-5-3-6-10-18/h3-12,17,20-22,27H,13-16H2,1-2H3,(H,25,29)/t20-,21-,22-/m0/s1. The highest BCUT2D eigenvalue weighted by Gasteiger charge is 2.39. The summed E-state index contributed by atoms with van der Waals surface area (Å²) >= 11 is 0. The second kappa shape index (κ2) is 10.3. The zero-order valence-electron chi connectivity index (χ0n) is 17.5. The molecule has 1 aliphatic rings. The summed E-state index contributed by atoms with van der Waals surface area (Å²) in [5.74, 6) is -0.295. The summed E-state index contributed by atoms with van der Waals surface area (Å²) in [5.41, 5.74) is 1.95. The van der Waals surface area contributed by atoms with Crippen LogP contribution in [0.1, 0.15) is 31.4 Å². The van der Waals surface area contributed by atoms with Gasteiger partial charge in [-0.3, -0.25) is 4.79 Å². The molecule has 30 heavy (non-hydrogen) atoms. The number of aliphatic hydroxyl groups is 1. The second-order valence-corrected chi connectivity index (χ2v) is 8.07. The second-order valence-electron chi connectivity index (χ2n) is 8.07. The minimum absolute atomic E-state index is 0.114. The molecule has 2 aromatic rings. The van der Waals surface area contributed by atoms with Crippen LogP contribution in [0.15, 0.2) is 60.7 Å². The smallest absolute Gasteiger partial charge is 0.408 e. The zero-order chi connectivity index (χ0) is 21.5. The van der Waals surface area contributed by atoms with E-state index in [1.807, 2.05) is 74.5 Å². The van der Waals surface area contributed by atoms with Gasteiger partial charge in [0.25, 0.3) is 0 Å². The van der Waals surface area contributed by atoms with Crippen LogP contribution in [0, 0.1) is 5.92 Å². The van der Waals surface area contributed by atoms with Crippen LogP contribution >= 0.6 is 0 Å². The van der Waals surface area contributed by atoms with Gasteiger partial charge in [-0.15, -0.1) is 0 Å². The highest BCUT2D eigenvalue weighted by Crippen LogP contribution is 2.24. The number of hydrogen-bond donors (Lipinski definition) is 2. The molecule has 0 saturated carbocycles. The number of ether oxygens (including phenoxy) is 1. The van der Waals surface area contributed by atoms with Crippen LogP contribution in [0.4, 0.5) is 4.79 Å². The van der Waals surface area contributed by atoms with Crippen molar-refractivity contribution in [2.45, 2.75) is 51.5 Å². The fourth-order valence-electron chi connectivity index (χ4n) is 3.80. The van der Waals surface area contributed by atoms with Gasteiger partial charge in [0.2, 0.25) is 5.91 Å². The summed E-state index contributed by atoms with van der Waals surface area (Å²) in [4.78, 5) is 27.3. The summed E-state index contributed by atoms with van der Waals surface area (Å²) in [6, 6.07) is 18.2. The van der Waals surface area contributed by atoms with Crippen LogP contribution in [-0.2, 0) is 22.6 Å². The van der Waals surface area contributed by atoms with E-state index in [-0.39, 0.29) is 24.5 Å². The van der Waals surface area contributed by atoms with Crippen LogP contribution in [0.3, 0.4) is 0 Å². The number of nitrogens with zero attached hydrogens (tertiary/aromatic N) is 1. The number of carbonyl (C=O) groups is 2. The van der Waals surface area contributed by atoms with Crippen molar-refractivity contribution in [3.05, 3.63) is 71.8 Å². The molecule has 3 atom stereocenters. The minimum Gasteiger partial charge on any atom is -0.445 e. The summed E-state index contributed by atoms with van der Waals surface area (Å²) in [7, 11) is 0. The molecule has 0 bridgehead atoms. The molecule has 160 valence electrons. The molecule has 0 spiro atoms. The van der Waals surface area contributed by atoms with Gasteiger partial charge in [0, 0.05) is 6.54 Å². The van der Waals surface area contributed by atoms with E-state index < -0.39 is 18.2 Å². The molecular weight excluding hydrogens is 380 g/mol. The van der Waals surface area contributed by atoms with Gasteiger partial charge in [-0.2, -0.15) is 0 Å². The normalized spacial score (nSPS) is 19.5. The van der Waals surface area contributed by atoms with Gasteiger partial charge in [0.1, 0.15) is 12.6 Å². The molecule has 2 N–H and O–H groups in total. The van der Waals surface area contributed by atoms with Gasteiger partial charge in [0.15, 0.2) is 0 Å². The van der Waals surface area contributed by atoms with Crippen LogP contribution in [0.25, 0.3) is 0 Å². The largest absolute Gasteiger partial charge is 0.445 e. The third-order valence-electron chi connectivity index (χ3n) is 5.50. The average molecular weight is 411 g/mol. The molecule has 0 aromatic heterocycles. The average Bonchev–Trinajstić information content (AvgIpc) is 3.11. The number of likely N-dealkylation sites (tertiary alicyclic amines) is 1. The SMILES string of the molecule is CC(C)[C@H](NC(=O)OCc1ccccc1)C(=O)N1CC[C@H](O)[C@@H]1Cc1ccccc1. The van der Waals surface area contributed by atoms with Crippen molar-refractivity contribution < 1.29 is 19.4 Å². The summed E-state index contributed by atoms with van der Waals surface area (Å²) in [6.07, 6.45) is -0.0824. The Morgan fingerprint density at radius 2 is 1.67 bits per heavy atom. The van der Waals surface area contributed by atoms with Crippen molar-refractivity contribution in [1.29, 1.82) is 0 Å². The lowest BCUT2D eigenvalue weighted by Gasteiger charge is -2.31. The van der Waals surface area contributed by atoms with Crippen LogP contribution in [0.2, 0.25) is 0 Å². The number of aliphatic hydroxyl groups excluding tert-OH is 1. The van der Waals surface area contributed by atoms with Crippen molar-refractivity contribution >= 4 is 12.0 Å². The van der Waals surface area contributed by atoms with E-state index >= 15 is 0 Å². The van der Waals surface area contributed by atoms with E-state index in [4.69, 9.17) is 4.74 Å². The molecule has 1 aliphatic heterocycles. The fourth-order valence-corrected chi connectivity index (χ4v) is 3.80. The van der Waals surface area contributed by atoms with E-state index in [0.717, 1.165) is 11.1 Å². The van der Waals surface area contributed by atoms with E-state index in [1.54, 1.807) is 4.90 Å². The molecule has 1 fully saturated rings. The molecule has 0 radical (unpaired) electrons. The van der Waals surface area contributed by atoms with Crippen molar-refractivity contribution in [1.82, 2.24) is 10.2 Å². The van der Waals surface area contributed by atoms with E-state index in [9.17, 15) is 14.7 Å². The molecule has 0 aliphatic carbocycles. The van der Waals surface area contributed by atoms with Crippen molar-refractivity contribution in [2.75, 3.05) is 6.54 Å². The van der Waals surface area contributed by atoms with Crippen LogP contribution in [0.5, 0.6) is 0 Å². The van der Waals surface area contributed by atoms with Crippen LogP contribution in [-0.4, -0.2) is 46.7 Å². The Morgan fingerprint density at radius 1 is 1.07 bits per heavy atom. The Kier molecular flexibility index (Phi) is 7.46. The van der Waals surface area contributed by atoms with E-state index in [2.05, 4.69) is 5.32 Å². The van der Waals surface area contributed by atoms with Gasteiger partial charge in [-0.25, -0.2) is 4.79 Å². The molecule has 1 heterocycles. The Bertz CT molecular complexity index is 826. The van der Waals surface area contributed by atoms with Gasteiger partial charge in [0.05, 0.1) is 12.1 Å². The summed E-state index contributed by atoms with van der Waals surface area (Å²) in [5, 5.41) is 13.2. The molecular formula is C24H30N2O4. The molecule has 1 saturated heterocycles. The van der Waals surface area contributed by atoms with Gasteiger partial charge in [-0.05, 0) is 29.9 Å². The Morgan fingerprint density at radius 3 is 2.27 bits per heavy atom. The summed E-state index contributed by atoms with van der Waals surface area (Å²) in [6.45, 7) is 4.39. The third kappa shape index (κ3) is 5.60. The number of rotatable bonds is 7. The number of hydrogen-bond acceptors (Lipinski definition) is 4. The lowest BCUT2D eigenvalue weighted by atomic mass is 9.99. The predicted octanol–water partition coefficient (Wildman–Crippen LogP) is 3.14. The quantitative estimate of drug-likeness (QED) is 0.735. The maximum Gasteiger partial charge on any atom is 0.408 e. The van der Waals surface area contributed by atoms with Crippen molar-refractivity contribution in [3.63, 3.8) is 0 Å². The molecule has 3 rings (SSSR count). The fraction of sp³-hybridized carbons (Fsp3) is 0.417. The van der Waals surface area contributed by atoms with Crippen LogP contribution < -0.4 is 5.32 Å². The van der Waals surface area contributed by atoms with E-state index in [1.165, 1.54) is 0 Å². The first-order valence-corrected chi connectivity index (χ1v) is 10.5. The zero-order valence-corrected chi connectivity index (χ0v) is 17.5. The highest BCUT2D eigenvalue weighted by molar-refractivity contribution is 5.86. The van der Waals surface area contributed by atoms with E-state index in [0.29, 0.717) is 19.4 Å². The number of nitrogens with one attached hydrogen (secondary N) is 1. The number of alkyl carbamates (subject to hydrolysis) is 1. The number of benzene rings is 2. The Labute approximate surface area is 177 Å². The summed E-state index contributed by atoms with van der Waals surface area (Å²) < 4.78 is 5.29.